The number of hydrogen-bond donors (Lipinski definition) is 1. The average Bonchev–Trinajstić information content (AvgIpc) is 2.96. The quantitative estimate of drug-likeness (QED) is 0.269. The van der Waals surface area contributed by atoms with Gasteiger partial charge in [0, 0.05) is 32.0 Å². The number of methoxy groups -OCH3 is 1. The van der Waals surface area contributed by atoms with Gasteiger partial charge in [0.1, 0.15) is 11.8 Å². The lowest BCUT2D eigenvalue weighted by molar-refractivity contribution is -0.141. The third-order valence-corrected chi connectivity index (χ3v) is 8.17. The standard InChI is InChI=1S/C33H43N3O5S/c1-6-26-17-19-29(20-18-26)36(42(5,39)40)21-11-16-32(37)35(24-28-14-10-15-30(22-28)41-4)31(33(38)34-25(2)3)23-27-12-8-7-9-13-27/h7-10,12-15,17-20,22,25,31H,6,11,16,21,23-24H2,1-5H3,(H,34,38). The van der Waals surface area contributed by atoms with Gasteiger partial charge in [-0.25, -0.2) is 8.42 Å². The molecule has 0 saturated carbocycles. The molecule has 42 heavy (non-hydrogen) atoms. The number of nitrogens with zero attached hydrogens (tertiary/aromatic N) is 2. The molecule has 3 rings (SSSR count). The van der Waals surface area contributed by atoms with Crippen molar-refractivity contribution in [3.8, 4) is 5.75 Å². The lowest BCUT2D eigenvalue weighted by Gasteiger charge is -2.32. The van der Waals surface area contributed by atoms with Crippen LogP contribution in [0.3, 0.4) is 0 Å². The summed E-state index contributed by atoms with van der Waals surface area (Å²) in [5.74, 6) is 0.190. The van der Waals surface area contributed by atoms with Crippen LogP contribution in [0.5, 0.6) is 5.75 Å². The summed E-state index contributed by atoms with van der Waals surface area (Å²) in [4.78, 5) is 29.1. The Hall–Kier alpha value is -3.85. The normalized spacial score (nSPS) is 12.0. The van der Waals surface area contributed by atoms with Crippen LogP contribution in [-0.2, 0) is 39.0 Å². The number of aryl methyl sites for hydroxylation is 1. The maximum Gasteiger partial charge on any atom is 0.243 e. The Morgan fingerprint density at radius 2 is 1.57 bits per heavy atom. The van der Waals surface area contributed by atoms with Crippen LogP contribution < -0.4 is 14.4 Å². The van der Waals surface area contributed by atoms with E-state index in [-0.39, 0.29) is 37.4 Å². The van der Waals surface area contributed by atoms with Gasteiger partial charge in [-0.05, 0) is 67.6 Å². The molecule has 226 valence electrons. The summed E-state index contributed by atoms with van der Waals surface area (Å²) in [6.45, 7) is 6.16. The fourth-order valence-corrected chi connectivity index (χ4v) is 5.77. The summed E-state index contributed by atoms with van der Waals surface area (Å²) >= 11 is 0. The molecule has 0 aliphatic heterocycles. The minimum Gasteiger partial charge on any atom is -0.497 e. The minimum atomic E-state index is -3.57. The summed E-state index contributed by atoms with van der Waals surface area (Å²) in [5.41, 5.74) is 3.43. The second kappa shape index (κ2) is 15.4. The zero-order valence-corrected chi connectivity index (χ0v) is 26.1. The Morgan fingerprint density at radius 1 is 0.905 bits per heavy atom. The molecule has 0 saturated heterocycles. The first-order valence-electron chi connectivity index (χ1n) is 14.3. The third-order valence-electron chi connectivity index (χ3n) is 6.97. The molecule has 0 aliphatic rings. The average molecular weight is 594 g/mol. The van der Waals surface area contributed by atoms with Crippen molar-refractivity contribution in [2.24, 2.45) is 0 Å². The van der Waals surface area contributed by atoms with Crippen LogP contribution in [0.4, 0.5) is 5.69 Å². The predicted octanol–water partition coefficient (Wildman–Crippen LogP) is 4.97. The van der Waals surface area contributed by atoms with Gasteiger partial charge in [-0.1, -0.05) is 61.5 Å². The molecule has 0 aromatic heterocycles. The molecule has 3 aromatic carbocycles. The van der Waals surface area contributed by atoms with Crippen molar-refractivity contribution in [3.05, 3.63) is 95.6 Å². The van der Waals surface area contributed by atoms with Crippen molar-refractivity contribution in [3.63, 3.8) is 0 Å². The van der Waals surface area contributed by atoms with Crippen molar-refractivity contribution in [2.45, 2.75) is 65.1 Å². The number of ether oxygens (including phenoxy) is 1. The van der Waals surface area contributed by atoms with Crippen LogP contribution >= 0.6 is 0 Å². The maximum absolute atomic E-state index is 13.9. The van der Waals surface area contributed by atoms with Crippen LogP contribution in [0.1, 0.15) is 50.3 Å². The number of carbonyl (C=O) groups is 2. The lowest BCUT2D eigenvalue weighted by atomic mass is 10.0. The predicted molar refractivity (Wildman–Crippen MR) is 168 cm³/mol. The second-order valence-electron chi connectivity index (χ2n) is 10.7. The highest BCUT2D eigenvalue weighted by Gasteiger charge is 2.31. The monoisotopic (exact) mass is 593 g/mol. The number of carbonyl (C=O) groups excluding carboxylic acids is 2. The Balaban J connectivity index is 1.89. The number of benzene rings is 3. The summed E-state index contributed by atoms with van der Waals surface area (Å²) in [6.07, 6.45) is 2.73. The molecule has 0 heterocycles. The number of hydrogen-bond acceptors (Lipinski definition) is 5. The van der Waals surface area contributed by atoms with Gasteiger partial charge in [0.25, 0.3) is 0 Å². The topological polar surface area (TPSA) is 96.0 Å². The molecule has 0 spiro atoms. The fourth-order valence-electron chi connectivity index (χ4n) is 4.80. The molecule has 0 fully saturated rings. The smallest absolute Gasteiger partial charge is 0.243 e. The van der Waals surface area contributed by atoms with Crippen LogP contribution in [-0.4, -0.2) is 57.1 Å². The second-order valence-corrected chi connectivity index (χ2v) is 12.6. The molecular formula is C33H43N3O5S. The summed E-state index contributed by atoms with van der Waals surface area (Å²) in [5, 5.41) is 2.99. The largest absolute Gasteiger partial charge is 0.497 e. The number of sulfonamides is 1. The van der Waals surface area contributed by atoms with E-state index < -0.39 is 16.1 Å². The molecule has 0 aliphatic carbocycles. The van der Waals surface area contributed by atoms with Crippen molar-refractivity contribution < 1.29 is 22.7 Å². The van der Waals surface area contributed by atoms with E-state index in [1.807, 2.05) is 87.5 Å². The van der Waals surface area contributed by atoms with Gasteiger partial charge in [-0.15, -0.1) is 0 Å². The van der Waals surface area contributed by atoms with Crippen LogP contribution in [0, 0.1) is 0 Å². The van der Waals surface area contributed by atoms with Gasteiger partial charge in [0.2, 0.25) is 21.8 Å². The van der Waals surface area contributed by atoms with Gasteiger partial charge in [0.05, 0.1) is 19.1 Å². The first-order chi connectivity index (χ1) is 20.0. The van der Waals surface area contributed by atoms with Crippen LogP contribution in [0.25, 0.3) is 0 Å². The number of anilines is 1. The Labute approximate surface area is 250 Å². The molecular weight excluding hydrogens is 550 g/mol. The highest BCUT2D eigenvalue weighted by atomic mass is 32.2. The molecule has 0 radical (unpaired) electrons. The molecule has 2 amide bonds. The van der Waals surface area contributed by atoms with Gasteiger partial charge in [-0.2, -0.15) is 0 Å². The first kappa shape index (κ1) is 32.7. The van der Waals surface area contributed by atoms with Crippen molar-refractivity contribution >= 4 is 27.5 Å². The van der Waals surface area contributed by atoms with E-state index in [9.17, 15) is 18.0 Å². The van der Waals surface area contributed by atoms with Crippen LogP contribution in [0.15, 0.2) is 78.9 Å². The Morgan fingerprint density at radius 3 is 2.17 bits per heavy atom. The molecule has 0 bridgehead atoms. The van der Waals surface area contributed by atoms with Crippen LogP contribution in [0.2, 0.25) is 0 Å². The van der Waals surface area contributed by atoms with E-state index >= 15 is 0 Å². The van der Waals surface area contributed by atoms with Gasteiger partial charge in [-0.3, -0.25) is 13.9 Å². The molecule has 3 aromatic rings. The molecule has 1 unspecified atom stereocenters. The van der Waals surface area contributed by atoms with E-state index in [2.05, 4.69) is 5.32 Å². The zero-order valence-electron chi connectivity index (χ0n) is 25.2. The van der Waals surface area contributed by atoms with E-state index in [1.165, 1.54) is 10.6 Å². The highest BCUT2D eigenvalue weighted by molar-refractivity contribution is 7.92. The number of nitrogens with one attached hydrogen (secondary N) is 1. The fraction of sp³-hybridized carbons (Fsp3) is 0.394. The number of amides is 2. The van der Waals surface area contributed by atoms with Gasteiger partial charge >= 0.3 is 0 Å². The van der Waals surface area contributed by atoms with E-state index in [0.717, 1.165) is 23.1 Å². The Kier molecular flexibility index (Phi) is 12.0. The zero-order chi connectivity index (χ0) is 30.7. The van der Waals surface area contributed by atoms with Gasteiger partial charge < -0.3 is 15.0 Å². The minimum absolute atomic E-state index is 0.0727. The molecule has 9 heteroatoms. The number of rotatable bonds is 15. The molecule has 1 atom stereocenters. The maximum atomic E-state index is 13.9. The summed E-state index contributed by atoms with van der Waals surface area (Å²) in [6, 6.07) is 23.6. The molecule has 1 N–H and O–H groups in total. The summed E-state index contributed by atoms with van der Waals surface area (Å²) in [7, 11) is -1.98. The SMILES string of the molecule is CCc1ccc(N(CCCC(=O)N(Cc2cccc(OC)c2)C(Cc2ccccc2)C(=O)NC(C)C)S(C)(=O)=O)cc1. The van der Waals surface area contributed by atoms with Crippen molar-refractivity contribution in [2.75, 3.05) is 24.2 Å². The van der Waals surface area contributed by atoms with E-state index in [1.54, 1.807) is 24.1 Å². The first-order valence-corrected chi connectivity index (χ1v) is 16.2. The van der Waals surface area contributed by atoms with E-state index in [0.29, 0.717) is 24.3 Å². The van der Waals surface area contributed by atoms with Crippen molar-refractivity contribution in [1.82, 2.24) is 10.2 Å². The van der Waals surface area contributed by atoms with Gasteiger partial charge in [0.15, 0.2) is 0 Å². The summed E-state index contributed by atoms with van der Waals surface area (Å²) < 4.78 is 32.1. The third kappa shape index (κ3) is 9.62. The Bertz CT molecular complexity index is 1410. The highest BCUT2D eigenvalue weighted by Crippen LogP contribution is 2.22. The van der Waals surface area contributed by atoms with E-state index in [4.69, 9.17) is 4.74 Å². The lowest BCUT2D eigenvalue weighted by Crippen LogP contribution is -2.51. The molecule has 8 nitrogen and oxygen atoms in total. The van der Waals surface area contributed by atoms with Crippen molar-refractivity contribution in [1.29, 1.82) is 0 Å².